The Hall–Kier alpha value is -4.71. The van der Waals surface area contributed by atoms with E-state index in [9.17, 15) is 9.59 Å². The van der Waals surface area contributed by atoms with Crippen molar-refractivity contribution in [2.24, 2.45) is 0 Å². The minimum atomic E-state index is -0.723. The molecule has 1 atom stereocenters. The number of anilines is 3. The van der Waals surface area contributed by atoms with Crippen LogP contribution in [0.25, 0.3) is 11.3 Å². The van der Waals surface area contributed by atoms with Crippen molar-refractivity contribution in [3.63, 3.8) is 0 Å². The normalized spacial score (nSPS) is 16.3. The van der Waals surface area contributed by atoms with Crippen molar-refractivity contribution in [2.75, 3.05) is 22.1 Å². The number of benzene rings is 1. The number of ether oxygens (including phenoxy) is 1. The van der Waals surface area contributed by atoms with Crippen molar-refractivity contribution >= 4 is 35.0 Å². The first-order chi connectivity index (χ1) is 21.7. The second-order valence-corrected chi connectivity index (χ2v) is 13.7. The van der Waals surface area contributed by atoms with E-state index in [1.807, 2.05) is 57.3 Å². The van der Waals surface area contributed by atoms with E-state index in [0.29, 0.717) is 23.0 Å². The van der Waals surface area contributed by atoms with Crippen LogP contribution in [-0.4, -0.2) is 60.1 Å². The van der Waals surface area contributed by atoms with Crippen LogP contribution in [0.2, 0.25) is 0 Å². The number of rotatable bonds is 9. The minimum absolute atomic E-state index is 0.0936. The summed E-state index contributed by atoms with van der Waals surface area (Å²) < 4.78 is 9.32. The van der Waals surface area contributed by atoms with E-state index in [2.05, 4.69) is 55.3 Å². The summed E-state index contributed by atoms with van der Waals surface area (Å²) >= 11 is 0. The molecule has 0 spiro atoms. The SMILES string of the molecule is C=CC(=O)Nc1cnn(-c2cccc(CN(C(=O)OC(C)(C)C)c3cc(N[C@H]4CCC(C)(C)NC4)nc4c(C(C)C)cnn34)c2)c1. The zero-order chi connectivity index (χ0) is 33.2. The van der Waals surface area contributed by atoms with Gasteiger partial charge in [-0.3, -0.25) is 9.69 Å². The van der Waals surface area contributed by atoms with Crippen LogP contribution >= 0.6 is 0 Å². The Labute approximate surface area is 270 Å². The molecule has 0 saturated carbocycles. The number of carbonyl (C=O) groups is 2. The Morgan fingerprint density at radius 1 is 1.22 bits per heavy atom. The molecule has 0 radical (unpaired) electrons. The number of amides is 2. The lowest BCUT2D eigenvalue weighted by Gasteiger charge is -2.36. The number of piperidine rings is 1. The predicted molar refractivity (Wildman–Crippen MR) is 181 cm³/mol. The van der Waals surface area contributed by atoms with Crippen molar-refractivity contribution in [3.8, 4) is 5.69 Å². The molecule has 0 unspecified atom stereocenters. The maximum Gasteiger partial charge on any atom is 0.416 e. The van der Waals surface area contributed by atoms with Crippen LogP contribution in [-0.2, 0) is 16.1 Å². The van der Waals surface area contributed by atoms with Gasteiger partial charge in [-0.05, 0) is 77.2 Å². The molecule has 1 aliphatic heterocycles. The molecule has 12 heteroatoms. The number of hydrogen-bond acceptors (Lipinski definition) is 8. The van der Waals surface area contributed by atoms with Crippen LogP contribution in [0.15, 0.2) is 61.6 Å². The second-order valence-electron chi connectivity index (χ2n) is 13.7. The quantitative estimate of drug-likeness (QED) is 0.191. The van der Waals surface area contributed by atoms with Gasteiger partial charge in [-0.25, -0.2) is 14.5 Å². The smallest absolute Gasteiger partial charge is 0.416 e. The molecule has 3 N–H and O–H groups in total. The monoisotopic (exact) mass is 627 g/mol. The van der Waals surface area contributed by atoms with Gasteiger partial charge >= 0.3 is 6.09 Å². The molecule has 1 aliphatic rings. The average Bonchev–Trinajstić information content (AvgIpc) is 3.63. The van der Waals surface area contributed by atoms with Gasteiger partial charge in [-0.15, -0.1) is 0 Å². The first-order valence-electron chi connectivity index (χ1n) is 15.7. The topological polar surface area (TPSA) is 131 Å². The molecule has 46 heavy (non-hydrogen) atoms. The molecule has 2 amide bonds. The number of fused-ring (bicyclic) bond motifs is 1. The molecule has 0 aliphatic carbocycles. The standard InChI is InChI=1S/C34H45N9O3/c1-9-29(44)39-25-18-36-42(21-25)26-12-10-11-23(15-26)20-41(32(45)46-33(4,5)6)30-16-28(38-24-13-14-34(7,8)35-17-24)40-31-27(22(2)3)19-37-43(30)31/h9-12,15-16,18-19,21-22,24,35H,1,13-14,17,20H2,2-8H3,(H,38,40)(H,39,44)/t24-/m0/s1. The van der Waals surface area contributed by atoms with Crippen molar-refractivity contribution in [2.45, 2.75) is 91.0 Å². The van der Waals surface area contributed by atoms with E-state index < -0.39 is 11.7 Å². The molecule has 0 bridgehead atoms. The van der Waals surface area contributed by atoms with Crippen LogP contribution in [0.4, 0.5) is 22.1 Å². The molecule has 1 saturated heterocycles. The van der Waals surface area contributed by atoms with Crippen molar-refractivity contribution < 1.29 is 14.3 Å². The van der Waals surface area contributed by atoms with E-state index in [1.165, 1.54) is 6.08 Å². The van der Waals surface area contributed by atoms with Gasteiger partial charge < -0.3 is 20.7 Å². The zero-order valence-electron chi connectivity index (χ0n) is 27.8. The largest absolute Gasteiger partial charge is 0.443 e. The molecular weight excluding hydrogens is 582 g/mol. The van der Waals surface area contributed by atoms with E-state index in [1.54, 1.807) is 26.5 Å². The molecule has 4 heterocycles. The number of aromatic nitrogens is 5. The third-order valence-electron chi connectivity index (χ3n) is 7.84. The van der Waals surface area contributed by atoms with Crippen molar-refractivity contribution in [1.29, 1.82) is 0 Å². The molecule has 5 rings (SSSR count). The maximum absolute atomic E-state index is 14.0. The molecule has 12 nitrogen and oxygen atoms in total. The van der Waals surface area contributed by atoms with E-state index in [-0.39, 0.29) is 30.0 Å². The van der Waals surface area contributed by atoms with E-state index in [0.717, 1.165) is 36.2 Å². The van der Waals surface area contributed by atoms with Crippen LogP contribution < -0.4 is 20.9 Å². The van der Waals surface area contributed by atoms with Gasteiger partial charge in [-0.1, -0.05) is 32.6 Å². The molecule has 1 aromatic carbocycles. The molecule has 1 fully saturated rings. The van der Waals surface area contributed by atoms with Crippen molar-refractivity contribution in [3.05, 3.63) is 72.7 Å². The highest BCUT2D eigenvalue weighted by Crippen LogP contribution is 2.30. The summed E-state index contributed by atoms with van der Waals surface area (Å²) in [5, 5.41) is 19.0. The Bertz CT molecular complexity index is 1720. The number of hydrogen-bond donors (Lipinski definition) is 3. The third-order valence-corrected chi connectivity index (χ3v) is 7.84. The van der Waals surface area contributed by atoms with Crippen molar-refractivity contribution in [1.82, 2.24) is 29.7 Å². The summed E-state index contributed by atoms with van der Waals surface area (Å²) in [6, 6.07) is 9.75. The highest BCUT2D eigenvalue weighted by atomic mass is 16.6. The summed E-state index contributed by atoms with van der Waals surface area (Å²) in [6.07, 6.45) is 7.82. The minimum Gasteiger partial charge on any atom is -0.443 e. The van der Waals surface area contributed by atoms with Crippen LogP contribution in [0.1, 0.15) is 78.4 Å². The highest BCUT2D eigenvalue weighted by Gasteiger charge is 2.30. The first-order valence-corrected chi connectivity index (χ1v) is 15.7. The van der Waals surface area contributed by atoms with Gasteiger partial charge in [0.25, 0.3) is 0 Å². The lowest BCUT2D eigenvalue weighted by Crippen LogP contribution is -2.50. The molecule has 244 valence electrons. The number of carbonyl (C=O) groups excluding carboxylic acids is 2. The number of nitrogens with zero attached hydrogens (tertiary/aromatic N) is 6. The highest BCUT2D eigenvalue weighted by molar-refractivity contribution is 5.98. The maximum atomic E-state index is 14.0. The zero-order valence-corrected chi connectivity index (χ0v) is 27.8. The van der Waals surface area contributed by atoms with Gasteiger partial charge in [0, 0.05) is 29.8 Å². The third kappa shape index (κ3) is 7.74. The summed E-state index contributed by atoms with van der Waals surface area (Å²) in [5.74, 6) is 1.06. The Morgan fingerprint density at radius 3 is 2.67 bits per heavy atom. The summed E-state index contributed by atoms with van der Waals surface area (Å²) in [4.78, 5) is 32.3. The van der Waals surface area contributed by atoms with Gasteiger partial charge in [0.1, 0.15) is 17.2 Å². The molecule has 3 aromatic heterocycles. The predicted octanol–water partition coefficient (Wildman–Crippen LogP) is 6.05. The van der Waals surface area contributed by atoms with Crippen LogP contribution in [0.5, 0.6) is 0 Å². The van der Waals surface area contributed by atoms with Gasteiger partial charge in [-0.2, -0.15) is 14.7 Å². The number of nitrogens with one attached hydrogen (secondary N) is 3. The van der Waals surface area contributed by atoms with E-state index in [4.69, 9.17) is 14.8 Å². The fourth-order valence-electron chi connectivity index (χ4n) is 5.35. The van der Waals surface area contributed by atoms with Crippen LogP contribution in [0.3, 0.4) is 0 Å². The molecular formula is C34H45N9O3. The lowest BCUT2D eigenvalue weighted by molar-refractivity contribution is -0.111. The van der Waals surface area contributed by atoms with Crippen LogP contribution in [0, 0.1) is 0 Å². The fourth-order valence-corrected chi connectivity index (χ4v) is 5.35. The first kappa shape index (κ1) is 32.7. The summed E-state index contributed by atoms with van der Waals surface area (Å²) in [6.45, 7) is 18.7. The Morgan fingerprint density at radius 2 is 2.00 bits per heavy atom. The Kier molecular flexibility index (Phi) is 9.20. The van der Waals surface area contributed by atoms with E-state index >= 15 is 0 Å². The fraction of sp³-hybridized carbons (Fsp3) is 0.441. The molecule has 4 aromatic rings. The van der Waals surface area contributed by atoms with Gasteiger partial charge in [0.2, 0.25) is 5.91 Å². The summed E-state index contributed by atoms with van der Waals surface area (Å²) in [7, 11) is 0. The lowest BCUT2D eigenvalue weighted by atomic mass is 9.91. The summed E-state index contributed by atoms with van der Waals surface area (Å²) in [5.41, 5.74) is 3.18. The van der Waals surface area contributed by atoms with Gasteiger partial charge in [0.05, 0.1) is 36.5 Å². The van der Waals surface area contributed by atoms with Gasteiger partial charge in [0.15, 0.2) is 5.65 Å². The Balaban J connectivity index is 1.54. The second kappa shape index (κ2) is 13.0. The average molecular weight is 628 g/mol.